The van der Waals surface area contributed by atoms with Crippen molar-refractivity contribution in [2.75, 3.05) is 57.4 Å². The molecule has 3 aromatic carbocycles. The standard InChI is InChI=1S/C59H68N10O7S/c1-32(2)49(57(73)69-29-42(71)24-46(69)56(72)62-34(4)36-10-12-37(13-11-36)54-35(5)61-31-77-54)47-25-48(66-76-47)75-30-59(6)16-18-67(19-17-59)20-21-74-58-64-53-45(55(65-58)68-27-39-14-15-40(28-68)63-39)26-60-52-44-23-41(70)22-38-8-7-9-43(51(38)44)33(3)50(52)53/h7-13,22-23,25-26,31-34,39-40,42,46,49,63,70-71H,14-21,24,27-30H2,1-6H3,(H,62,72)/t33?,34-,39?,40?,42+,46-,49+/m0/s1. The summed E-state index contributed by atoms with van der Waals surface area (Å²) in [4.78, 5) is 55.4. The number of amides is 2. The van der Waals surface area contributed by atoms with Gasteiger partial charge in [-0.25, -0.2) is 4.98 Å². The SMILES string of the molecule is Cc1ncsc1-c1ccc([C@H](C)NC(=O)[C@@H]2C[C@@H](O)CN2C(=O)[C@@H](c2cc(OCC3(C)CCN(CCOc4nc(N5CC6CCC(C5)N6)c5cnc6c(c5n4)C(C)c4cccc5cc(O)cc-6c45)CC3)no2)C(C)C)cc1. The lowest BCUT2D eigenvalue weighted by atomic mass is 9.79. The van der Waals surface area contributed by atoms with Gasteiger partial charge in [0.25, 0.3) is 5.88 Å². The molecule has 1 aliphatic carbocycles. The van der Waals surface area contributed by atoms with Crippen molar-refractivity contribution in [3.63, 3.8) is 0 Å². The second kappa shape index (κ2) is 20.6. The summed E-state index contributed by atoms with van der Waals surface area (Å²) >= 11 is 1.59. The molecule has 4 aliphatic heterocycles. The lowest BCUT2D eigenvalue weighted by Gasteiger charge is -2.38. The first kappa shape index (κ1) is 51.1. The molecule has 18 heteroatoms. The Labute approximate surface area is 452 Å². The lowest BCUT2D eigenvalue weighted by molar-refractivity contribution is -0.141. The predicted molar refractivity (Wildman–Crippen MR) is 295 cm³/mol. The van der Waals surface area contributed by atoms with Crippen LogP contribution in [0.5, 0.6) is 17.6 Å². The highest BCUT2D eigenvalue weighted by Crippen LogP contribution is 2.49. The second-order valence-electron chi connectivity index (χ2n) is 22.9. The number of phenols is 1. The number of thiazole rings is 1. The molecule has 0 saturated carbocycles. The first-order valence-corrected chi connectivity index (χ1v) is 28.3. The first-order valence-electron chi connectivity index (χ1n) is 27.4. The number of carbonyl (C=O) groups excluding carboxylic acids is 2. The summed E-state index contributed by atoms with van der Waals surface area (Å²) in [6.07, 6.45) is 5.31. The Hall–Kier alpha value is -6.73. The molecule has 402 valence electrons. The van der Waals surface area contributed by atoms with Crippen molar-refractivity contribution >= 4 is 50.6 Å². The van der Waals surface area contributed by atoms with E-state index in [4.69, 9.17) is 28.9 Å². The van der Waals surface area contributed by atoms with E-state index in [1.807, 2.05) is 81.9 Å². The van der Waals surface area contributed by atoms with Crippen LogP contribution in [0.1, 0.15) is 113 Å². The van der Waals surface area contributed by atoms with E-state index >= 15 is 0 Å². The fraction of sp³-hybridized carbons (Fsp3) is 0.475. The van der Waals surface area contributed by atoms with E-state index in [9.17, 15) is 19.8 Å². The molecule has 3 unspecified atom stereocenters. The third-order valence-corrected chi connectivity index (χ3v) is 18.0. The monoisotopic (exact) mass is 1060 g/mol. The molecule has 0 spiro atoms. The summed E-state index contributed by atoms with van der Waals surface area (Å²) in [6, 6.07) is 19.7. The number of nitrogens with one attached hydrogen (secondary N) is 2. The number of aromatic nitrogens is 5. The molecule has 7 atom stereocenters. The van der Waals surface area contributed by atoms with Crippen LogP contribution in [0.25, 0.3) is 43.4 Å². The van der Waals surface area contributed by atoms with E-state index < -0.39 is 18.1 Å². The van der Waals surface area contributed by atoms with E-state index in [0.29, 0.717) is 49.5 Å². The molecule has 8 heterocycles. The molecule has 4 fully saturated rings. The Kier molecular flexibility index (Phi) is 13.6. The number of benzene rings is 3. The molecule has 77 heavy (non-hydrogen) atoms. The van der Waals surface area contributed by atoms with Crippen LogP contribution in [-0.4, -0.2) is 134 Å². The van der Waals surface area contributed by atoms with Crippen molar-refractivity contribution < 1.29 is 33.8 Å². The number of hydrogen-bond donors (Lipinski definition) is 4. The fourth-order valence-corrected chi connectivity index (χ4v) is 13.5. The zero-order chi connectivity index (χ0) is 53.3. The zero-order valence-electron chi connectivity index (χ0n) is 44.7. The minimum atomic E-state index is -0.839. The molecular weight excluding hydrogens is 993 g/mol. The number of anilines is 1. The van der Waals surface area contributed by atoms with E-state index in [-0.39, 0.29) is 53.8 Å². The van der Waals surface area contributed by atoms with Crippen LogP contribution in [0, 0.1) is 18.3 Å². The van der Waals surface area contributed by atoms with Gasteiger partial charge in [0.15, 0.2) is 5.76 Å². The van der Waals surface area contributed by atoms with Crippen molar-refractivity contribution in [1.29, 1.82) is 0 Å². The molecule has 17 nitrogen and oxygen atoms in total. The minimum Gasteiger partial charge on any atom is -0.508 e. The molecular formula is C59H68N10O7S. The van der Waals surface area contributed by atoms with Gasteiger partial charge in [0.1, 0.15) is 30.1 Å². The van der Waals surface area contributed by atoms with Gasteiger partial charge in [-0.1, -0.05) is 70.2 Å². The number of piperazine rings is 1. The Bertz CT molecular complexity index is 3340. The molecule has 7 aromatic rings. The topological polar surface area (TPSA) is 204 Å². The van der Waals surface area contributed by atoms with Crippen LogP contribution in [0.15, 0.2) is 76.9 Å². The Morgan fingerprint density at radius 2 is 1.77 bits per heavy atom. The Morgan fingerprint density at radius 1 is 0.987 bits per heavy atom. The zero-order valence-corrected chi connectivity index (χ0v) is 45.5. The highest BCUT2D eigenvalue weighted by molar-refractivity contribution is 7.13. The number of ether oxygens (including phenoxy) is 2. The number of likely N-dealkylation sites (tertiary alicyclic amines) is 2. The lowest BCUT2D eigenvalue weighted by Crippen LogP contribution is -2.51. The summed E-state index contributed by atoms with van der Waals surface area (Å²) < 4.78 is 18.7. The number of nitrogens with zero attached hydrogens (tertiary/aromatic N) is 8. The maximum atomic E-state index is 14.4. The molecule has 4 aromatic heterocycles. The number of phenolic OH excluding ortho intramolecular Hbond substituents is 1. The highest BCUT2D eigenvalue weighted by atomic mass is 32.1. The summed E-state index contributed by atoms with van der Waals surface area (Å²) in [7, 11) is 0. The van der Waals surface area contributed by atoms with E-state index in [1.54, 1.807) is 17.4 Å². The fourth-order valence-electron chi connectivity index (χ4n) is 12.7. The number of piperidine rings is 1. The summed E-state index contributed by atoms with van der Waals surface area (Å²) in [5.74, 6) is 0.211. The maximum Gasteiger partial charge on any atom is 0.319 e. The third kappa shape index (κ3) is 9.86. The van der Waals surface area contributed by atoms with Crippen molar-refractivity contribution in [2.24, 2.45) is 11.3 Å². The maximum absolute atomic E-state index is 14.4. The van der Waals surface area contributed by atoms with Crippen molar-refractivity contribution in [2.45, 2.75) is 116 Å². The van der Waals surface area contributed by atoms with Gasteiger partial charge in [-0.2, -0.15) is 9.97 Å². The number of β-amino-alcohol motifs (C(OH)–C–C–N with tert-alkyl or cyclic N) is 1. The molecule has 0 radical (unpaired) electrons. The Morgan fingerprint density at radius 3 is 2.51 bits per heavy atom. The van der Waals surface area contributed by atoms with Gasteiger partial charge >= 0.3 is 6.01 Å². The highest BCUT2D eigenvalue weighted by Gasteiger charge is 2.44. The van der Waals surface area contributed by atoms with Gasteiger partial charge in [-0.05, 0) is 103 Å². The smallest absolute Gasteiger partial charge is 0.319 e. The first-order chi connectivity index (χ1) is 37.2. The van der Waals surface area contributed by atoms with Gasteiger partial charge in [0, 0.05) is 79.4 Å². The number of pyridine rings is 1. The molecule has 12 rings (SSSR count). The Balaban J connectivity index is 0.673. The number of aliphatic hydroxyl groups excluding tert-OH is 1. The normalized spacial score (nSPS) is 22.6. The molecule has 4 N–H and O–H groups in total. The van der Waals surface area contributed by atoms with Crippen LogP contribution in [0.3, 0.4) is 0 Å². The summed E-state index contributed by atoms with van der Waals surface area (Å²) in [6.45, 7) is 17.3. The number of rotatable bonds is 15. The molecule has 4 saturated heterocycles. The largest absolute Gasteiger partial charge is 0.508 e. The van der Waals surface area contributed by atoms with E-state index in [1.165, 1.54) is 10.5 Å². The average molecular weight is 1060 g/mol. The van der Waals surface area contributed by atoms with Gasteiger partial charge < -0.3 is 44.6 Å². The number of carbonyl (C=O) groups is 2. The van der Waals surface area contributed by atoms with Crippen molar-refractivity contribution in [1.82, 2.24) is 45.5 Å². The van der Waals surface area contributed by atoms with E-state index in [0.717, 1.165) is 118 Å². The van der Waals surface area contributed by atoms with Gasteiger partial charge in [0.2, 0.25) is 11.8 Å². The molecule has 2 bridgehead atoms. The number of aromatic hydroxyl groups is 1. The third-order valence-electron chi connectivity index (χ3n) is 17.1. The predicted octanol–water partition coefficient (Wildman–Crippen LogP) is 8.52. The number of aliphatic hydroxyl groups is 1. The van der Waals surface area contributed by atoms with Gasteiger partial charge in [-0.15, -0.1) is 11.3 Å². The van der Waals surface area contributed by atoms with Gasteiger partial charge in [0.05, 0.1) is 51.4 Å². The minimum absolute atomic E-state index is 0.00567. The van der Waals surface area contributed by atoms with Crippen LogP contribution in [-0.2, 0) is 9.59 Å². The second-order valence-corrected chi connectivity index (χ2v) is 23.8. The van der Waals surface area contributed by atoms with Gasteiger partial charge in [-0.3, -0.25) is 19.5 Å². The molecule has 5 aliphatic rings. The number of fused-ring (bicyclic) bond motifs is 6. The van der Waals surface area contributed by atoms with Crippen LogP contribution < -0.4 is 25.0 Å². The van der Waals surface area contributed by atoms with Crippen LogP contribution >= 0.6 is 11.3 Å². The number of aryl methyl sites for hydroxylation is 1. The summed E-state index contributed by atoms with van der Waals surface area (Å²) in [5, 5.41) is 35.8. The van der Waals surface area contributed by atoms with Crippen LogP contribution in [0.4, 0.5) is 5.82 Å². The average Bonchev–Trinajstić information content (AvgIpc) is 4.35. The number of hydrogen-bond acceptors (Lipinski definition) is 16. The summed E-state index contributed by atoms with van der Waals surface area (Å²) in [5.41, 5.74) is 9.49. The molecule has 2 amide bonds. The quantitative estimate of drug-likeness (QED) is 0.0760. The van der Waals surface area contributed by atoms with Crippen molar-refractivity contribution in [3.8, 4) is 39.3 Å². The van der Waals surface area contributed by atoms with E-state index in [2.05, 4.69) is 56.6 Å². The van der Waals surface area contributed by atoms with Crippen molar-refractivity contribution in [3.05, 3.63) is 101 Å². The van der Waals surface area contributed by atoms with Crippen LogP contribution in [0.2, 0.25) is 0 Å².